The normalized spacial score (nSPS) is 15.0. The van der Waals surface area contributed by atoms with Crippen molar-refractivity contribution in [2.45, 2.75) is 6.42 Å². The Morgan fingerprint density at radius 1 is 1.40 bits per heavy atom. The summed E-state index contributed by atoms with van der Waals surface area (Å²) in [4.78, 5) is 33.4. The average Bonchev–Trinajstić information content (AvgIpc) is 2.97. The zero-order valence-corrected chi connectivity index (χ0v) is 17.4. The first-order chi connectivity index (χ1) is 11.4. The number of amides is 2. The van der Waals surface area contributed by atoms with Crippen LogP contribution >= 0.6 is 24.0 Å². The summed E-state index contributed by atoms with van der Waals surface area (Å²) in [6, 6.07) is 0. The number of carbonyl (C=O) groups excluding carboxylic acids is 2. The lowest BCUT2D eigenvalue weighted by Gasteiger charge is -2.35. The van der Waals surface area contributed by atoms with Crippen molar-refractivity contribution in [2.24, 2.45) is 12.0 Å². The number of carbonyl (C=O) groups is 2. The molecule has 10 heteroatoms. The summed E-state index contributed by atoms with van der Waals surface area (Å²) in [6.07, 6.45) is 3.90. The number of hydrogen-bond acceptors (Lipinski definition) is 4. The molecule has 0 unspecified atom stereocenters. The van der Waals surface area contributed by atoms with Gasteiger partial charge in [0, 0.05) is 60.4 Å². The molecule has 2 rings (SSSR count). The van der Waals surface area contributed by atoms with E-state index in [2.05, 4.69) is 15.4 Å². The van der Waals surface area contributed by atoms with Gasteiger partial charge in [0.1, 0.15) is 6.54 Å². The van der Waals surface area contributed by atoms with Crippen LogP contribution in [0, 0.1) is 0 Å². The molecule has 1 N–H and O–H groups in total. The molecule has 1 aliphatic rings. The molecule has 0 aromatic carbocycles. The van der Waals surface area contributed by atoms with Gasteiger partial charge in [-0.1, -0.05) is 0 Å². The predicted molar refractivity (Wildman–Crippen MR) is 107 cm³/mol. The molecule has 0 spiro atoms. The van der Waals surface area contributed by atoms with Gasteiger partial charge < -0.3 is 20.0 Å². The topological polar surface area (TPSA) is 86.1 Å². The highest BCUT2D eigenvalue weighted by molar-refractivity contribution is 14.0. The predicted octanol–water partition coefficient (Wildman–Crippen LogP) is -0.260. The van der Waals surface area contributed by atoms with Crippen LogP contribution in [-0.2, 0) is 16.6 Å². The molecule has 0 saturated carbocycles. The zero-order chi connectivity index (χ0) is 17.7. The summed E-state index contributed by atoms with van der Waals surface area (Å²) in [5, 5.41) is 7.25. The fourth-order valence-electron chi connectivity index (χ4n) is 2.51. The van der Waals surface area contributed by atoms with Gasteiger partial charge in [-0.3, -0.25) is 19.3 Å². The van der Waals surface area contributed by atoms with Crippen molar-refractivity contribution in [1.29, 1.82) is 0 Å². The van der Waals surface area contributed by atoms with Crippen molar-refractivity contribution >= 4 is 47.4 Å². The maximum atomic E-state index is 12.4. The van der Waals surface area contributed by atoms with E-state index in [0.717, 1.165) is 5.69 Å². The van der Waals surface area contributed by atoms with E-state index >= 15 is 0 Å². The van der Waals surface area contributed by atoms with Gasteiger partial charge in [0.05, 0.1) is 11.9 Å². The highest BCUT2D eigenvalue weighted by Gasteiger charge is 2.27. The van der Waals surface area contributed by atoms with E-state index in [1.165, 1.54) is 0 Å². The summed E-state index contributed by atoms with van der Waals surface area (Å²) in [5.74, 6) is 0.692. The van der Waals surface area contributed by atoms with Crippen LogP contribution in [0.25, 0.3) is 0 Å². The van der Waals surface area contributed by atoms with Gasteiger partial charge >= 0.3 is 0 Å². The number of aliphatic imine (C=N–C) groups is 1. The molecule has 0 aliphatic carbocycles. The number of anilines is 1. The van der Waals surface area contributed by atoms with E-state index in [-0.39, 0.29) is 42.3 Å². The van der Waals surface area contributed by atoms with Gasteiger partial charge in [0.15, 0.2) is 5.96 Å². The summed E-state index contributed by atoms with van der Waals surface area (Å²) >= 11 is 0. The van der Waals surface area contributed by atoms with E-state index in [1.54, 1.807) is 41.8 Å². The van der Waals surface area contributed by atoms with Crippen molar-refractivity contribution in [3.63, 3.8) is 0 Å². The lowest BCUT2D eigenvalue weighted by Crippen LogP contribution is -2.55. The van der Waals surface area contributed by atoms with E-state index in [1.807, 2.05) is 18.1 Å². The Labute approximate surface area is 165 Å². The number of aryl methyl sites for hydroxylation is 1. The number of nitrogens with one attached hydrogen (secondary N) is 1. The first kappa shape index (κ1) is 21.2. The quantitative estimate of drug-likeness (QED) is 0.378. The van der Waals surface area contributed by atoms with E-state index in [9.17, 15) is 9.59 Å². The number of guanidine groups is 1. The van der Waals surface area contributed by atoms with E-state index in [0.29, 0.717) is 32.0 Å². The fraction of sp³-hybridized carbons (Fsp3) is 0.600. The van der Waals surface area contributed by atoms with Crippen LogP contribution < -0.4 is 10.2 Å². The van der Waals surface area contributed by atoms with Crippen molar-refractivity contribution < 1.29 is 9.59 Å². The Bertz CT molecular complexity index is 629. The zero-order valence-electron chi connectivity index (χ0n) is 15.1. The Hall–Kier alpha value is -1.85. The second-order valence-electron chi connectivity index (χ2n) is 5.85. The first-order valence-corrected chi connectivity index (χ1v) is 7.87. The monoisotopic (exact) mass is 463 g/mol. The summed E-state index contributed by atoms with van der Waals surface area (Å²) in [7, 11) is 6.96. The third-order valence-corrected chi connectivity index (χ3v) is 3.86. The maximum absolute atomic E-state index is 12.4. The molecule has 1 aromatic rings. The molecule has 0 bridgehead atoms. The van der Waals surface area contributed by atoms with Gasteiger partial charge in [0.25, 0.3) is 0 Å². The van der Waals surface area contributed by atoms with Gasteiger partial charge in [-0.25, -0.2) is 0 Å². The molecule has 140 valence electrons. The lowest BCUT2D eigenvalue weighted by atomic mass is 10.3. The SMILES string of the molecule is CN=C(NCCC(=O)N(C)C)N1CCN(c2cnn(C)c2)C(=O)C1.I. The number of aromatic nitrogens is 2. The minimum Gasteiger partial charge on any atom is -0.356 e. The van der Waals surface area contributed by atoms with Gasteiger partial charge in [0.2, 0.25) is 11.8 Å². The standard InChI is InChI=1S/C15H25N7O2.HI/c1-16-15(17-6-5-13(23)19(2)3)21-7-8-22(14(24)11-21)12-9-18-20(4)10-12;/h9-10H,5-8,11H2,1-4H3,(H,16,17);1H. The van der Waals surface area contributed by atoms with Gasteiger partial charge in [-0.15, -0.1) is 24.0 Å². The highest BCUT2D eigenvalue weighted by atomic mass is 127. The van der Waals surface area contributed by atoms with Crippen LogP contribution in [0.2, 0.25) is 0 Å². The third-order valence-electron chi connectivity index (χ3n) is 3.86. The molecule has 1 aliphatic heterocycles. The second-order valence-corrected chi connectivity index (χ2v) is 5.85. The molecule has 1 fully saturated rings. The Kier molecular flexibility index (Phi) is 8.13. The van der Waals surface area contributed by atoms with Crippen LogP contribution in [-0.4, -0.2) is 84.7 Å². The number of nitrogens with zero attached hydrogens (tertiary/aromatic N) is 6. The number of halogens is 1. The van der Waals surface area contributed by atoms with Crippen molar-refractivity contribution in [2.75, 3.05) is 52.2 Å². The number of rotatable bonds is 4. The Morgan fingerprint density at radius 2 is 2.12 bits per heavy atom. The van der Waals surface area contributed by atoms with Gasteiger partial charge in [-0.05, 0) is 0 Å². The molecule has 25 heavy (non-hydrogen) atoms. The molecule has 9 nitrogen and oxygen atoms in total. The third kappa shape index (κ3) is 5.58. The molecule has 0 radical (unpaired) electrons. The van der Waals surface area contributed by atoms with Crippen LogP contribution in [0.4, 0.5) is 5.69 Å². The van der Waals surface area contributed by atoms with Crippen molar-refractivity contribution in [3.05, 3.63) is 12.4 Å². The highest BCUT2D eigenvalue weighted by Crippen LogP contribution is 2.15. The van der Waals surface area contributed by atoms with Crippen LogP contribution in [0.15, 0.2) is 17.4 Å². The molecular weight excluding hydrogens is 437 g/mol. The molecule has 2 amide bonds. The second kappa shape index (κ2) is 9.59. The molecule has 0 atom stereocenters. The van der Waals surface area contributed by atoms with Crippen molar-refractivity contribution in [3.8, 4) is 0 Å². The van der Waals surface area contributed by atoms with Gasteiger partial charge in [-0.2, -0.15) is 5.10 Å². The smallest absolute Gasteiger partial charge is 0.246 e. The summed E-state index contributed by atoms with van der Waals surface area (Å²) in [5.41, 5.74) is 0.807. The van der Waals surface area contributed by atoms with E-state index in [4.69, 9.17) is 0 Å². The Balaban J connectivity index is 0.00000312. The largest absolute Gasteiger partial charge is 0.356 e. The first-order valence-electron chi connectivity index (χ1n) is 7.87. The average molecular weight is 463 g/mol. The molecule has 1 aromatic heterocycles. The number of hydrogen-bond donors (Lipinski definition) is 1. The maximum Gasteiger partial charge on any atom is 0.246 e. The molecule has 2 heterocycles. The summed E-state index contributed by atoms with van der Waals surface area (Å²) in [6.45, 7) is 1.97. The molecular formula is C15H26IN7O2. The van der Waals surface area contributed by atoms with Crippen LogP contribution in [0.1, 0.15) is 6.42 Å². The van der Waals surface area contributed by atoms with E-state index < -0.39 is 0 Å². The minimum absolute atomic E-state index is 0. The summed E-state index contributed by atoms with van der Waals surface area (Å²) < 4.78 is 1.68. The van der Waals surface area contributed by atoms with Crippen LogP contribution in [0.3, 0.4) is 0 Å². The Morgan fingerprint density at radius 3 is 2.64 bits per heavy atom. The van der Waals surface area contributed by atoms with Crippen molar-refractivity contribution in [1.82, 2.24) is 24.9 Å². The molecule has 1 saturated heterocycles. The van der Waals surface area contributed by atoms with Crippen LogP contribution in [0.5, 0.6) is 0 Å². The fourth-order valence-corrected chi connectivity index (χ4v) is 2.51. The minimum atomic E-state index is 0. The lowest BCUT2D eigenvalue weighted by molar-refractivity contribution is -0.128. The number of piperazine rings is 1.